The van der Waals surface area contributed by atoms with Crippen LogP contribution in [0, 0.1) is 0 Å². The summed E-state index contributed by atoms with van der Waals surface area (Å²) in [5.41, 5.74) is 0. The SMILES string of the molecule is C1COCCN1.O=P(O)(O)O.O=P(O)(O)O. The summed E-state index contributed by atoms with van der Waals surface area (Å²) >= 11 is 0. The van der Waals surface area contributed by atoms with Crippen LogP contribution in [0.3, 0.4) is 0 Å². The number of rotatable bonds is 0. The highest BCUT2D eigenvalue weighted by atomic mass is 31.2. The summed E-state index contributed by atoms with van der Waals surface area (Å²) in [7, 11) is -9.28. The largest absolute Gasteiger partial charge is 0.466 e. The summed E-state index contributed by atoms with van der Waals surface area (Å²) in [6.07, 6.45) is 0. The van der Waals surface area contributed by atoms with Crippen LogP contribution in [0.5, 0.6) is 0 Å². The molecule has 100 valence electrons. The van der Waals surface area contributed by atoms with E-state index in [4.69, 9.17) is 43.2 Å². The number of nitrogens with one attached hydrogen (secondary N) is 1. The van der Waals surface area contributed by atoms with E-state index < -0.39 is 15.6 Å². The average molecular weight is 283 g/mol. The van der Waals surface area contributed by atoms with E-state index >= 15 is 0 Å². The van der Waals surface area contributed by atoms with Crippen LogP contribution < -0.4 is 5.32 Å². The summed E-state index contributed by atoms with van der Waals surface area (Å²) in [6, 6.07) is 0. The number of phosphoric acid groups is 2. The smallest absolute Gasteiger partial charge is 0.379 e. The molecule has 1 fully saturated rings. The topological polar surface area (TPSA) is 177 Å². The fourth-order valence-electron chi connectivity index (χ4n) is 0.516. The van der Waals surface area contributed by atoms with Crippen molar-refractivity contribution in [3.05, 3.63) is 0 Å². The Kier molecular flexibility index (Phi) is 10.6. The van der Waals surface area contributed by atoms with Crippen molar-refractivity contribution in [3.8, 4) is 0 Å². The molecule has 0 unspecified atom stereocenters. The van der Waals surface area contributed by atoms with Crippen molar-refractivity contribution in [1.29, 1.82) is 0 Å². The molecule has 1 aliphatic rings. The Morgan fingerprint density at radius 3 is 1.12 bits per heavy atom. The Morgan fingerprint density at radius 2 is 1.06 bits per heavy atom. The minimum absolute atomic E-state index is 0.889. The first-order chi connectivity index (χ1) is 7.00. The van der Waals surface area contributed by atoms with Crippen LogP contribution in [0.1, 0.15) is 0 Å². The van der Waals surface area contributed by atoms with Crippen molar-refractivity contribution >= 4 is 15.6 Å². The lowest BCUT2D eigenvalue weighted by Crippen LogP contribution is -2.30. The van der Waals surface area contributed by atoms with E-state index in [1.165, 1.54) is 0 Å². The lowest BCUT2D eigenvalue weighted by molar-refractivity contribution is 0.109. The number of morpholine rings is 1. The van der Waals surface area contributed by atoms with E-state index in [1.807, 2.05) is 0 Å². The van der Waals surface area contributed by atoms with Crippen molar-refractivity contribution in [2.24, 2.45) is 0 Å². The van der Waals surface area contributed by atoms with Gasteiger partial charge in [-0.05, 0) is 0 Å². The minimum atomic E-state index is -4.64. The minimum Gasteiger partial charge on any atom is -0.379 e. The summed E-state index contributed by atoms with van der Waals surface area (Å²) in [5.74, 6) is 0. The lowest BCUT2D eigenvalue weighted by atomic mass is 10.5. The van der Waals surface area contributed by atoms with Gasteiger partial charge in [0.1, 0.15) is 0 Å². The summed E-state index contributed by atoms with van der Waals surface area (Å²) in [4.78, 5) is 43.1. The van der Waals surface area contributed by atoms with Gasteiger partial charge in [-0.1, -0.05) is 0 Å². The van der Waals surface area contributed by atoms with Crippen molar-refractivity contribution < 1.29 is 43.2 Å². The summed E-state index contributed by atoms with van der Waals surface area (Å²) < 4.78 is 22.8. The monoisotopic (exact) mass is 283 g/mol. The third kappa shape index (κ3) is 64.8. The molecular weight excluding hydrogens is 268 g/mol. The van der Waals surface area contributed by atoms with Crippen LogP contribution in [-0.4, -0.2) is 55.7 Å². The molecule has 12 heteroatoms. The van der Waals surface area contributed by atoms with Gasteiger partial charge in [0.25, 0.3) is 0 Å². The van der Waals surface area contributed by atoms with Gasteiger partial charge in [0.2, 0.25) is 0 Å². The second-order valence-corrected chi connectivity index (χ2v) is 4.44. The van der Waals surface area contributed by atoms with Crippen LogP contribution in [0.15, 0.2) is 0 Å². The molecule has 0 atom stereocenters. The highest BCUT2D eigenvalue weighted by Gasteiger charge is 2.00. The zero-order valence-electron chi connectivity index (χ0n) is 8.13. The van der Waals surface area contributed by atoms with Crippen LogP contribution in [0.2, 0.25) is 0 Å². The van der Waals surface area contributed by atoms with Crippen molar-refractivity contribution in [2.75, 3.05) is 26.3 Å². The first-order valence-corrected chi connectivity index (χ1v) is 6.98. The molecule has 16 heavy (non-hydrogen) atoms. The molecule has 0 aromatic heterocycles. The Balaban J connectivity index is 0. The molecule has 0 radical (unpaired) electrons. The number of hydrogen-bond acceptors (Lipinski definition) is 4. The molecule has 1 aliphatic heterocycles. The molecule has 1 rings (SSSR count). The molecule has 7 N–H and O–H groups in total. The maximum absolute atomic E-state index is 8.88. The molecule has 0 amide bonds. The second-order valence-electron chi connectivity index (χ2n) is 2.39. The second kappa shape index (κ2) is 9.20. The van der Waals surface area contributed by atoms with Gasteiger partial charge in [0.15, 0.2) is 0 Å². The Bertz CT molecular complexity index is 194. The highest BCUT2D eigenvalue weighted by Crippen LogP contribution is 2.26. The molecule has 0 bridgehead atoms. The molecule has 0 aliphatic carbocycles. The van der Waals surface area contributed by atoms with Gasteiger partial charge in [-0.15, -0.1) is 0 Å². The molecule has 0 aromatic rings. The zero-order valence-corrected chi connectivity index (χ0v) is 9.92. The van der Waals surface area contributed by atoms with Gasteiger partial charge in [-0.3, -0.25) is 0 Å². The summed E-state index contributed by atoms with van der Waals surface area (Å²) in [5, 5.41) is 3.16. The predicted molar refractivity (Wildman–Crippen MR) is 52.2 cm³/mol. The van der Waals surface area contributed by atoms with E-state index in [2.05, 4.69) is 5.32 Å². The lowest BCUT2D eigenvalue weighted by Gasteiger charge is -2.10. The fourth-order valence-corrected chi connectivity index (χ4v) is 0.516. The summed E-state index contributed by atoms with van der Waals surface area (Å²) in [6.45, 7) is 3.83. The third-order valence-corrected chi connectivity index (χ3v) is 0.846. The predicted octanol–water partition coefficient (Wildman–Crippen LogP) is -2.25. The average Bonchev–Trinajstić information content (AvgIpc) is 2.01. The van der Waals surface area contributed by atoms with Crippen molar-refractivity contribution in [2.45, 2.75) is 0 Å². The molecular formula is C4H15NO9P2. The first-order valence-electron chi connectivity index (χ1n) is 3.85. The number of ether oxygens (including phenoxy) is 1. The highest BCUT2D eigenvalue weighted by molar-refractivity contribution is 7.45. The third-order valence-electron chi connectivity index (χ3n) is 0.846. The normalized spacial score (nSPS) is 16.4. The molecule has 10 nitrogen and oxygen atoms in total. The molecule has 0 spiro atoms. The fraction of sp³-hybridized carbons (Fsp3) is 1.00. The first kappa shape index (κ1) is 18.5. The standard InChI is InChI=1S/C4H9NO.2H3O4P/c1-3-6-4-2-5-1;2*1-5(2,3)4/h5H,1-4H2;2*(H3,1,2,3,4). The van der Waals surface area contributed by atoms with Gasteiger partial charge in [-0.25, -0.2) is 9.13 Å². The van der Waals surface area contributed by atoms with E-state index in [1.54, 1.807) is 0 Å². The van der Waals surface area contributed by atoms with Crippen molar-refractivity contribution in [1.82, 2.24) is 5.32 Å². The van der Waals surface area contributed by atoms with Crippen LogP contribution in [0.25, 0.3) is 0 Å². The van der Waals surface area contributed by atoms with Gasteiger partial charge in [0.05, 0.1) is 13.2 Å². The van der Waals surface area contributed by atoms with Crippen LogP contribution in [0.4, 0.5) is 0 Å². The molecule has 0 aromatic carbocycles. The molecule has 1 saturated heterocycles. The van der Waals surface area contributed by atoms with Gasteiger partial charge >= 0.3 is 15.6 Å². The van der Waals surface area contributed by atoms with Crippen LogP contribution in [-0.2, 0) is 13.9 Å². The molecule has 1 heterocycles. The van der Waals surface area contributed by atoms with Gasteiger partial charge in [0, 0.05) is 13.1 Å². The van der Waals surface area contributed by atoms with Gasteiger partial charge in [-0.2, -0.15) is 0 Å². The molecule has 0 saturated carbocycles. The Morgan fingerprint density at radius 1 is 0.812 bits per heavy atom. The van der Waals surface area contributed by atoms with E-state index in [0.29, 0.717) is 0 Å². The Labute approximate surface area is 91.4 Å². The van der Waals surface area contributed by atoms with Crippen LogP contribution >= 0.6 is 15.6 Å². The maximum atomic E-state index is 8.88. The zero-order chi connectivity index (χ0) is 13.2. The van der Waals surface area contributed by atoms with E-state index in [0.717, 1.165) is 26.3 Å². The van der Waals surface area contributed by atoms with E-state index in [9.17, 15) is 0 Å². The van der Waals surface area contributed by atoms with Gasteiger partial charge < -0.3 is 39.4 Å². The van der Waals surface area contributed by atoms with E-state index in [-0.39, 0.29) is 0 Å². The van der Waals surface area contributed by atoms with Crippen molar-refractivity contribution in [3.63, 3.8) is 0 Å². The maximum Gasteiger partial charge on any atom is 0.466 e. The quantitative estimate of drug-likeness (QED) is 0.240. The number of hydrogen-bond donors (Lipinski definition) is 7. The Hall–Kier alpha value is 0.140.